The maximum Gasteiger partial charge on any atom is 0.317 e. The van der Waals surface area contributed by atoms with Crippen molar-refractivity contribution in [2.45, 2.75) is 83.3 Å². The summed E-state index contributed by atoms with van der Waals surface area (Å²) < 4.78 is 29.0. The molecule has 5 N–H and O–H groups in total. The predicted octanol–water partition coefficient (Wildman–Crippen LogP) is 3.22. The van der Waals surface area contributed by atoms with Gasteiger partial charge in [0.15, 0.2) is 17.1 Å². The molecule has 2 aromatic carbocycles. The Hall–Kier alpha value is -4.01. The molecule has 1 saturated heterocycles. The third-order valence-electron chi connectivity index (χ3n) is 7.94. The average Bonchev–Trinajstić information content (AvgIpc) is 2.99. The first-order valence-electron chi connectivity index (χ1n) is 15.4. The van der Waals surface area contributed by atoms with Crippen LogP contribution in [0.15, 0.2) is 57.9 Å². The van der Waals surface area contributed by atoms with Gasteiger partial charge in [0.1, 0.15) is 48.6 Å². The molecule has 0 spiro atoms. The van der Waals surface area contributed by atoms with E-state index in [9.17, 15) is 34.8 Å². The molecule has 4 rings (SSSR count). The molecule has 0 amide bonds. The van der Waals surface area contributed by atoms with Crippen LogP contribution >= 0.6 is 0 Å². The van der Waals surface area contributed by atoms with Crippen LogP contribution in [-0.2, 0) is 23.8 Å². The average molecular weight is 659 g/mol. The highest BCUT2D eigenvalue weighted by Crippen LogP contribution is 2.38. The Morgan fingerprint density at radius 2 is 1.74 bits per heavy atom. The molecule has 1 aliphatic rings. The van der Waals surface area contributed by atoms with Gasteiger partial charge in [0.25, 0.3) is 0 Å². The monoisotopic (exact) mass is 658 g/mol. The first-order chi connectivity index (χ1) is 22.2. The number of esters is 1. The molecule has 47 heavy (non-hydrogen) atoms. The van der Waals surface area contributed by atoms with Crippen molar-refractivity contribution >= 4 is 22.9 Å². The molecule has 0 bridgehead atoms. The zero-order valence-corrected chi connectivity index (χ0v) is 26.7. The van der Waals surface area contributed by atoms with E-state index in [2.05, 4.69) is 0 Å². The van der Waals surface area contributed by atoms with E-state index in [-0.39, 0.29) is 58.3 Å². The molecule has 256 valence electrons. The highest BCUT2D eigenvalue weighted by Gasteiger charge is 2.61. The van der Waals surface area contributed by atoms with E-state index < -0.39 is 61.3 Å². The zero-order valence-electron chi connectivity index (χ0n) is 26.7. The number of carbonyl (C=O) groups is 2. The smallest absolute Gasteiger partial charge is 0.317 e. The molecule has 0 radical (unpaired) electrons. The third kappa shape index (κ3) is 8.48. The Morgan fingerprint density at radius 1 is 1.04 bits per heavy atom. The number of benzene rings is 2. The molecule has 13 heteroatoms. The minimum Gasteiger partial charge on any atom is -0.508 e. The number of phenols is 1. The van der Waals surface area contributed by atoms with E-state index in [1.165, 1.54) is 36.6 Å². The lowest BCUT2D eigenvalue weighted by molar-refractivity contribution is -0.342. The molecule has 13 nitrogen and oxygen atoms in total. The normalized spacial score (nSPS) is 23.6. The Morgan fingerprint density at radius 3 is 2.38 bits per heavy atom. The van der Waals surface area contributed by atoms with Gasteiger partial charge in [-0.3, -0.25) is 14.4 Å². The summed E-state index contributed by atoms with van der Waals surface area (Å²) in [6, 6.07) is 10.5. The fourth-order valence-electron chi connectivity index (χ4n) is 5.39. The fraction of sp³-hybridized carbons (Fsp3) is 0.500. The number of aliphatic hydroxyl groups excluding tert-OH is 2. The van der Waals surface area contributed by atoms with Crippen LogP contribution in [0.3, 0.4) is 0 Å². The second kappa shape index (κ2) is 15.3. The van der Waals surface area contributed by atoms with E-state index in [0.29, 0.717) is 12.0 Å². The van der Waals surface area contributed by atoms with Gasteiger partial charge in [-0.25, -0.2) is 0 Å². The molecule has 0 aliphatic carbocycles. The molecule has 1 fully saturated rings. The number of aliphatic hydroxyl groups is 3. The lowest BCUT2D eigenvalue weighted by Gasteiger charge is -2.51. The summed E-state index contributed by atoms with van der Waals surface area (Å²) >= 11 is 0. The largest absolute Gasteiger partial charge is 0.508 e. The molecule has 1 aromatic heterocycles. The number of carboxylic acids is 1. The lowest BCUT2D eigenvalue weighted by Crippen LogP contribution is -2.73. The van der Waals surface area contributed by atoms with Gasteiger partial charge in [0.2, 0.25) is 6.29 Å². The fourth-order valence-corrected chi connectivity index (χ4v) is 5.39. The highest BCUT2D eigenvalue weighted by atomic mass is 16.7. The molecule has 2 heterocycles. The molecule has 1 aliphatic heterocycles. The van der Waals surface area contributed by atoms with Crippen molar-refractivity contribution in [1.82, 2.24) is 0 Å². The first-order valence-corrected chi connectivity index (χ1v) is 15.4. The van der Waals surface area contributed by atoms with Crippen molar-refractivity contribution in [3.63, 3.8) is 0 Å². The van der Waals surface area contributed by atoms with Gasteiger partial charge < -0.3 is 48.9 Å². The number of hydrogen-bond acceptors (Lipinski definition) is 12. The van der Waals surface area contributed by atoms with Gasteiger partial charge in [-0.15, -0.1) is 0 Å². The van der Waals surface area contributed by atoms with Crippen LogP contribution in [0.25, 0.3) is 22.1 Å². The number of fused-ring (bicyclic) bond motifs is 1. The zero-order chi connectivity index (χ0) is 34.5. The Balaban J connectivity index is 1.70. The molecule has 6 atom stereocenters. The SMILES string of the molecule is CC(C)CCO[C@H]1[C@@H](Oc2ccc3c(=O)c(-c4ccc(O)cc4)coc3c2)O[C@@H](COC(=O)CC(=O)O)[C@H](O)[C@]1(O)[C@H](O)CC(C)C. The number of hydrogen-bond donors (Lipinski definition) is 5. The van der Waals surface area contributed by atoms with E-state index in [0.717, 1.165) is 0 Å². The lowest BCUT2D eigenvalue weighted by atomic mass is 9.77. The molecule has 0 unspecified atom stereocenters. The van der Waals surface area contributed by atoms with Crippen molar-refractivity contribution in [3.8, 4) is 22.6 Å². The second-order valence-corrected chi connectivity index (χ2v) is 12.5. The van der Waals surface area contributed by atoms with Gasteiger partial charge in [0.05, 0.1) is 17.1 Å². The van der Waals surface area contributed by atoms with Crippen LogP contribution in [0.1, 0.15) is 47.0 Å². The summed E-state index contributed by atoms with van der Waals surface area (Å²) in [4.78, 5) is 36.3. The van der Waals surface area contributed by atoms with Gasteiger partial charge >= 0.3 is 11.9 Å². The van der Waals surface area contributed by atoms with Crippen LogP contribution in [0.4, 0.5) is 0 Å². The summed E-state index contributed by atoms with van der Waals surface area (Å²) in [5.41, 5.74) is -1.72. The van der Waals surface area contributed by atoms with Gasteiger partial charge in [-0.05, 0) is 54.5 Å². The van der Waals surface area contributed by atoms with Crippen molar-refractivity contribution < 1.29 is 58.5 Å². The molecular weight excluding hydrogens is 616 g/mol. The molecular formula is C34H42O13. The number of carbonyl (C=O) groups excluding carboxylic acids is 1. The van der Waals surface area contributed by atoms with E-state index in [1.807, 2.05) is 27.7 Å². The maximum absolute atomic E-state index is 13.3. The summed E-state index contributed by atoms with van der Waals surface area (Å²) in [6.07, 6.45) is -6.80. The number of aliphatic carboxylic acids is 1. The number of aromatic hydroxyl groups is 1. The Bertz CT molecular complexity index is 1580. The van der Waals surface area contributed by atoms with Crippen LogP contribution < -0.4 is 10.2 Å². The van der Waals surface area contributed by atoms with Crippen LogP contribution in [0.2, 0.25) is 0 Å². The van der Waals surface area contributed by atoms with Crippen LogP contribution in [0.5, 0.6) is 11.5 Å². The number of carboxylic acid groups (broad SMARTS) is 1. The van der Waals surface area contributed by atoms with E-state index >= 15 is 0 Å². The van der Waals surface area contributed by atoms with Crippen molar-refractivity contribution in [2.75, 3.05) is 13.2 Å². The quantitative estimate of drug-likeness (QED) is 0.125. The van der Waals surface area contributed by atoms with Gasteiger partial charge in [-0.2, -0.15) is 0 Å². The highest BCUT2D eigenvalue weighted by molar-refractivity contribution is 5.90. The van der Waals surface area contributed by atoms with Gasteiger partial charge in [-0.1, -0.05) is 39.8 Å². The van der Waals surface area contributed by atoms with Gasteiger partial charge in [0, 0.05) is 12.7 Å². The Kier molecular flexibility index (Phi) is 11.6. The van der Waals surface area contributed by atoms with Crippen molar-refractivity contribution in [3.05, 3.63) is 59.0 Å². The topological polar surface area (TPSA) is 202 Å². The summed E-state index contributed by atoms with van der Waals surface area (Å²) in [5.74, 6) is -2.23. The number of rotatable bonds is 14. The van der Waals surface area contributed by atoms with E-state index in [1.54, 1.807) is 12.1 Å². The van der Waals surface area contributed by atoms with Crippen LogP contribution in [0, 0.1) is 11.8 Å². The molecule has 3 aromatic rings. The Labute approximate surface area is 271 Å². The number of phenolic OH excluding ortho intramolecular Hbond substituents is 1. The minimum absolute atomic E-state index is 0.0499. The van der Waals surface area contributed by atoms with Crippen LogP contribution in [-0.4, -0.2) is 87.0 Å². The van der Waals surface area contributed by atoms with Crippen molar-refractivity contribution in [2.24, 2.45) is 11.8 Å². The first kappa shape index (κ1) is 35.8. The maximum atomic E-state index is 13.3. The standard InChI is InChI=1S/C34H42O13/c1-18(2)11-12-43-32-33(47-26(17-45-29(39)15-28(37)38)31(41)34(32,42)27(36)13-19(3)4)46-22-9-10-23-25(14-22)44-16-24(30(23)40)20-5-7-21(35)8-6-20/h5-10,14,16,18-19,26-27,31-33,35-36,41-42H,11-13,15,17H2,1-4H3,(H,37,38)/t26-,27+,31-,32-,33-,34+/m0/s1. The van der Waals surface area contributed by atoms with E-state index in [4.69, 9.17) is 28.5 Å². The second-order valence-electron chi connectivity index (χ2n) is 12.5. The minimum atomic E-state index is -2.38. The molecule has 0 saturated carbocycles. The van der Waals surface area contributed by atoms with Crippen molar-refractivity contribution in [1.29, 1.82) is 0 Å². The third-order valence-corrected chi connectivity index (χ3v) is 7.94. The predicted molar refractivity (Wildman–Crippen MR) is 168 cm³/mol. The summed E-state index contributed by atoms with van der Waals surface area (Å²) in [7, 11) is 0. The summed E-state index contributed by atoms with van der Waals surface area (Å²) in [5, 5.41) is 53.5. The number of ether oxygens (including phenoxy) is 4. The summed E-state index contributed by atoms with van der Waals surface area (Å²) in [6.45, 7) is 7.04.